The van der Waals surface area contributed by atoms with Crippen molar-refractivity contribution in [1.82, 2.24) is 0 Å². The van der Waals surface area contributed by atoms with Crippen LogP contribution in [-0.2, 0) is 22.4 Å². The summed E-state index contributed by atoms with van der Waals surface area (Å²) >= 11 is 0. The number of ketones is 1. The molecule has 1 aliphatic rings. The van der Waals surface area contributed by atoms with Crippen LogP contribution in [0.4, 0.5) is 0 Å². The molecule has 0 saturated heterocycles. The van der Waals surface area contributed by atoms with E-state index in [9.17, 15) is 9.59 Å². The molecule has 0 unspecified atom stereocenters. The van der Waals surface area contributed by atoms with E-state index in [1.54, 1.807) is 6.08 Å². The first-order chi connectivity index (χ1) is 7.29. The predicted octanol–water partition coefficient (Wildman–Crippen LogP) is 1.96. The van der Waals surface area contributed by atoms with Crippen molar-refractivity contribution in [3.05, 3.63) is 41.0 Å². The number of aldehydes is 1. The third-order valence-corrected chi connectivity index (χ3v) is 2.66. The summed E-state index contributed by atoms with van der Waals surface area (Å²) < 4.78 is 0. The lowest BCUT2D eigenvalue weighted by Crippen LogP contribution is -2.13. The molecule has 0 aromatic heterocycles. The lowest BCUT2D eigenvalue weighted by atomic mass is 9.89. The number of hydrogen-bond acceptors (Lipinski definition) is 2. The quantitative estimate of drug-likeness (QED) is 0.540. The van der Waals surface area contributed by atoms with Gasteiger partial charge in [-0.15, -0.1) is 0 Å². The second-order valence-electron chi connectivity index (χ2n) is 3.74. The lowest BCUT2D eigenvalue weighted by Gasteiger charge is -2.14. The van der Waals surface area contributed by atoms with Crippen LogP contribution in [0, 0.1) is 0 Å². The predicted molar refractivity (Wildman–Crippen MR) is 58.6 cm³/mol. The molecular formula is C13H12O2. The van der Waals surface area contributed by atoms with Crippen molar-refractivity contribution in [3.63, 3.8) is 0 Å². The maximum atomic E-state index is 11.2. The number of carbonyl (C=O) groups excluding carboxylic acids is 2. The number of aryl methyl sites for hydroxylation is 1. The van der Waals surface area contributed by atoms with Crippen molar-refractivity contribution in [2.24, 2.45) is 0 Å². The summed E-state index contributed by atoms with van der Waals surface area (Å²) in [5, 5.41) is 0. The first-order valence-corrected chi connectivity index (χ1v) is 5.05. The second kappa shape index (κ2) is 4.22. The Morgan fingerprint density at radius 3 is 2.80 bits per heavy atom. The molecule has 0 fully saturated rings. The fraction of sp³-hybridized carbons (Fsp3) is 0.231. The number of fused-ring (bicyclic) bond motifs is 1. The number of rotatable bonds is 2. The Morgan fingerprint density at radius 2 is 2.00 bits per heavy atom. The summed E-state index contributed by atoms with van der Waals surface area (Å²) in [4.78, 5) is 21.4. The van der Waals surface area contributed by atoms with Gasteiger partial charge in [0.05, 0.1) is 0 Å². The average molecular weight is 200 g/mol. The summed E-state index contributed by atoms with van der Waals surface area (Å²) in [7, 11) is 0. The molecule has 0 amide bonds. The van der Waals surface area contributed by atoms with Crippen molar-refractivity contribution >= 4 is 18.1 Å². The summed E-state index contributed by atoms with van der Waals surface area (Å²) in [6.07, 6.45) is 6.07. The van der Waals surface area contributed by atoms with Crippen LogP contribution < -0.4 is 0 Å². The summed E-state index contributed by atoms with van der Waals surface area (Å²) in [5.74, 6) is 0.318. The molecule has 0 N–H and O–H groups in total. The first-order valence-electron chi connectivity index (χ1n) is 5.05. The van der Waals surface area contributed by atoms with Gasteiger partial charge in [-0.1, -0.05) is 24.3 Å². The van der Waals surface area contributed by atoms with Gasteiger partial charge in [-0.2, -0.15) is 0 Å². The topological polar surface area (TPSA) is 34.1 Å². The minimum atomic E-state index is 0.318. The molecule has 1 aromatic rings. The van der Waals surface area contributed by atoms with E-state index in [0.717, 1.165) is 23.8 Å². The van der Waals surface area contributed by atoms with Gasteiger partial charge < -0.3 is 0 Å². The minimum absolute atomic E-state index is 0.318. The third-order valence-electron chi connectivity index (χ3n) is 2.66. The fourth-order valence-corrected chi connectivity index (χ4v) is 1.88. The summed E-state index contributed by atoms with van der Waals surface area (Å²) in [5.41, 5.74) is 3.40. The van der Waals surface area contributed by atoms with Crippen LogP contribution in [-0.4, -0.2) is 12.1 Å². The monoisotopic (exact) mass is 200 g/mol. The highest BCUT2D eigenvalue weighted by atomic mass is 16.1. The van der Waals surface area contributed by atoms with Gasteiger partial charge in [0, 0.05) is 12.8 Å². The Bertz CT molecular complexity index is 430. The first kappa shape index (κ1) is 9.84. The molecule has 2 rings (SSSR count). The Hall–Kier alpha value is -1.70. The molecule has 0 atom stereocenters. The molecular weight excluding hydrogens is 188 g/mol. The molecule has 1 aliphatic carbocycles. The Balaban J connectivity index is 2.30. The highest BCUT2D eigenvalue weighted by molar-refractivity contribution is 5.83. The average Bonchev–Trinajstić information content (AvgIpc) is 2.26. The third kappa shape index (κ3) is 2.21. The lowest BCUT2D eigenvalue weighted by molar-refractivity contribution is -0.118. The zero-order chi connectivity index (χ0) is 10.7. The maximum absolute atomic E-state index is 11.2. The minimum Gasteiger partial charge on any atom is -0.299 e. The van der Waals surface area contributed by atoms with E-state index in [2.05, 4.69) is 6.07 Å². The standard InChI is InChI=1S/C13H12O2/c14-7-1-2-10-3-4-12-9-13(15)6-5-11(12)8-10/h1-4,7-8H,5-6,9H2. The highest BCUT2D eigenvalue weighted by Crippen LogP contribution is 2.20. The largest absolute Gasteiger partial charge is 0.299 e. The Labute approximate surface area is 88.6 Å². The molecule has 0 bridgehead atoms. The van der Waals surface area contributed by atoms with Crippen molar-refractivity contribution < 1.29 is 9.59 Å². The van der Waals surface area contributed by atoms with Crippen LogP contribution in [0.3, 0.4) is 0 Å². The molecule has 0 heterocycles. The van der Waals surface area contributed by atoms with Crippen LogP contribution in [0.5, 0.6) is 0 Å². The van der Waals surface area contributed by atoms with Crippen LogP contribution in [0.1, 0.15) is 23.1 Å². The van der Waals surface area contributed by atoms with Crippen LogP contribution in [0.25, 0.3) is 6.08 Å². The van der Waals surface area contributed by atoms with Gasteiger partial charge in [-0.25, -0.2) is 0 Å². The highest BCUT2D eigenvalue weighted by Gasteiger charge is 2.14. The molecule has 0 radical (unpaired) electrons. The SMILES string of the molecule is O=CC=Cc1ccc2c(c1)CCC(=O)C2. The van der Waals surface area contributed by atoms with Crippen LogP contribution in [0.15, 0.2) is 24.3 Å². The van der Waals surface area contributed by atoms with Gasteiger partial charge in [-0.05, 0) is 29.2 Å². The zero-order valence-electron chi connectivity index (χ0n) is 8.40. The molecule has 15 heavy (non-hydrogen) atoms. The van der Waals surface area contributed by atoms with Crippen molar-refractivity contribution in [1.29, 1.82) is 0 Å². The molecule has 76 valence electrons. The zero-order valence-corrected chi connectivity index (χ0v) is 8.40. The van der Waals surface area contributed by atoms with E-state index in [1.807, 2.05) is 12.1 Å². The van der Waals surface area contributed by atoms with E-state index in [-0.39, 0.29) is 0 Å². The van der Waals surface area contributed by atoms with Crippen LogP contribution in [0.2, 0.25) is 0 Å². The van der Waals surface area contributed by atoms with Crippen molar-refractivity contribution in [2.75, 3.05) is 0 Å². The Kier molecular flexibility index (Phi) is 2.77. The Morgan fingerprint density at radius 1 is 1.13 bits per heavy atom. The molecule has 0 saturated carbocycles. The van der Waals surface area contributed by atoms with Gasteiger partial charge >= 0.3 is 0 Å². The van der Waals surface area contributed by atoms with E-state index < -0.39 is 0 Å². The number of allylic oxidation sites excluding steroid dienone is 1. The van der Waals surface area contributed by atoms with E-state index in [0.29, 0.717) is 18.6 Å². The van der Waals surface area contributed by atoms with Gasteiger partial charge in [-0.3, -0.25) is 9.59 Å². The summed E-state index contributed by atoms with van der Waals surface area (Å²) in [6, 6.07) is 5.98. The molecule has 0 spiro atoms. The molecule has 0 aliphatic heterocycles. The van der Waals surface area contributed by atoms with Crippen molar-refractivity contribution in [3.8, 4) is 0 Å². The van der Waals surface area contributed by atoms with Gasteiger partial charge in [0.1, 0.15) is 12.1 Å². The maximum Gasteiger partial charge on any atom is 0.142 e. The molecule has 2 heteroatoms. The van der Waals surface area contributed by atoms with E-state index >= 15 is 0 Å². The van der Waals surface area contributed by atoms with Gasteiger partial charge in [0.25, 0.3) is 0 Å². The number of benzene rings is 1. The second-order valence-corrected chi connectivity index (χ2v) is 3.74. The van der Waals surface area contributed by atoms with Gasteiger partial charge in [0.15, 0.2) is 0 Å². The fourth-order valence-electron chi connectivity index (χ4n) is 1.88. The van der Waals surface area contributed by atoms with Crippen molar-refractivity contribution in [2.45, 2.75) is 19.3 Å². The van der Waals surface area contributed by atoms with Gasteiger partial charge in [0.2, 0.25) is 0 Å². The normalized spacial score (nSPS) is 15.3. The molecule has 2 nitrogen and oxygen atoms in total. The molecule has 1 aromatic carbocycles. The number of hydrogen-bond donors (Lipinski definition) is 0. The smallest absolute Gasteiger partial charge is 0.142 e. The summed E-state index contributed by atoms with van der Waals surface area (Å²) in [6.45, 7) is 0. The number of Topliss-reactive ketones (excluding diaryl/α,β-unsaturated/α-hetero) is 1. The van der Waals surface area contributed by atoms with E-state index in [4.69, 9.17) is 0 Å². The number of carbonyl (C=O) groups is 2. The van der Waals surface area contributed by atoms with E-state index in [1.165, 1.54) is 11.6 Å². The van der Waals surface area contributed by atoms with Crippen LogP contribution >= 0.6 is 0 Å².